The third-order valence-electron chi connectivity index (χ3n) is 11.1. The molecule has 12 rings (SSSR count). The molecule has 4 heterocycles. The summed E-state index contributed by atoms with van der Waals surface area (Å²) >= 11 is 1.89. The maximum atomic E-state index is 5.13. The highest BCUT2D eigenvalue weighted by Crippen LogP contribution is 2.43. The minimum Gasteiger partial charge on any atom is -0.309 e. The number of aromatic nitrogens is 5. The molecule has 8 aromatic carbocycles. The number of hydrogen-bond acceptors (Lipinski definition) is 3. The molecule has 0 bridgehead atoms. The van der Waals surface area contributed by atoms with Crippen molar-refractivity contribution >= 4 is 75.1 Å². The molecular formula is C50H31N5S. The highest BCUT2D eigenvalue weighted by Gasteiger charge is 2.20. The highest BCUT2D eigenvalue weighted by molar-refractivity contribution is 7.26. The Hall–Kier alpha value is -7.28. The van der Waals surface area contributed by atoms with Crippen LogP contribution in [0, 0.1) is 0 Å². The fourth-order valence-electron chi connectivity index (χ4n) is 8.63. The van der Waals surface area contributed by atoms with Gasteiger partial charge < -0.3 is 9.13 Å². The second-order valence-corrected chi connectivity index (χ2v) is 15.3. The fourth-order valence-corrected chi connectivity index (χ4v) is 9.89. The van der Waals surface area contributed by atoms with Crippen LogP contribution < -0.4 is 0 Å². The van der Waals surface area contributed by atoms with E-state index in [0.717, 1.165) is 45.0 Å². The minimum atomic E-state index is 0.692. The molecule has 0 amide bonds. The Morgan fingerprint density at radius 3 is 1.79 bits per heavy atom. The van der Waals surface area contributed by atoms with Gasteiger partial charge >= 0.3 is 0 Å². The van der Waals surface area contributed by atoms with Gasteiger partial charge in [0.2, 0.25) is 0 Å². The number of rotatable bonds is 5. The van der Waals surface area contributed by atoms with Crippen molar-refractivity contribution in [3.05, 3.63) is 188 Å². The zero-order valence-electron chi connectivity index (χ0n) is 30.0. The number of benzene rings is 8. The molecule has 0 saturated heterocycles. The van der Waals surface area contributed by atoms with Crippen LogP contribution in [0.5, 0.6) is 0 Å². The van der Waals surface area contributed by atoms with Gasteiger partial charge in [0.1, 0.15) is 0 Å². The second-order valence-electron chi connectivity index (χ2n) is 14.3. The van der Waals surface area contributed by atoms with E-state index in [0.29, 0.717) is 5.82 Å². The Kier molecular flexibility index (Phi) is 6.73. The summed E-state index contributed by atoms with van der Waals surface area (Å²) in [6, 6.07) is 67.0. The zero-order valence-corrected chi connectivity index (χ0v) is 30.9. The van der Waals surface area contributed by atoms with Gasteiger partial charge in [-0.25, -0.2) is 9.67 Å². The van der Waals surface area contributed by atoms with Gasteiger partial charge in [-0.1, -0.05) is 133 Å². The van der Waals surface area contributed by atoms with E-state index >= 15 is 0 Å². The first-order valence-corrected chi connectivity index (χ1v) is 19.7. The normalized spacial score (nSPS) is 11.9. The van der Waals surface area contributed by atoms with Gasteiger partial charge in [0.05, 0.1) is 27.8 Å². The third-order valence-corrected chi connectivity index (χ3v) is 12.3. The Balaban J connectivity index is 1.08. The molecule has 5 nitrogen and oxygen atoms in total. The molecule has 262 valence electrons. The molecule has 0 aliphatic heterocycles. The second kappa shape index (κ2) is 12.1. The van der Waals surface area contributed by atoms with E-state index in [1.165, 1.54) is 52.8 Å². The van der Waals surface area contributed by atoms with Gasteiger partial charge in [0.15, 0.2) is 11.6 Å². The van der Waals surface area contributed by atoms with E-state index in [1.54, 1.807) is 0 Å². The van der Waals surface area contributed by atoms with E-state index in [1.807, 2.05) is 52.4 Å². The van der Waals surface area contributed by atoms with Crippen molar-refractivity contribution in [3.63, 3.8) is 0 Å². The predicted octanol–water partition coefficient (Wildman–Crippen LogP) is 13.2. The van der Waals surface area contributed by atoms with Crippen LogP contribution in [-0.4, -0.2) is 23.9 Å². The summed E-state index contributed by atoms with van der Waals surface area (Å²) in [5, 5.41) is 12.7. The van der Waals surface area contributed by atoms with Crippen LogP contribution in [-0.2, 0) is 0 Å². The van der Waals surface area contributed by atoms with Gasteiger partial charge in [-0.2, -0.15) is 0 Å². The number of para-hydroxylation sites is 2. The average Bonchev–Trinajstić information content (AvgIpc) is 4.04. The molecule has 0 unspecified atom stereocenters. The summed E-state index contributed by atoms with van der Waals surface area (Å²) in [7, 11) is 0. The molecular weight excluding hydrogens is 703 g/mol. The van der Waals surface area contributed by atoms with Crippen molar-refractivity contribution in [3.8, 4) is 39.8 Å². The summed E-state index contributed by atoms with van der Waals surface area (Å²) in [6.07, 6.45) is 0. The monoisotopic (exact) mass is 733 g/mol. The van der Waals surface area contributed by atoms with Crippen LogP contribution in [0.4, 0.5) is 0 Å². The van der Waals surface area contributed by atoms with Crippen LogP contribution in [0.25, 0.3) is 104 Å². The third kappa shape index (κ3) is 4.60. The number of fused-ring (bicyclic) bond motifs is 10. The summed E-state index contributed by atoms with van der Waals surface area (Å²) in [6.45, 7) is 0. The van der Waals surface area contributed by atoms with Gasteiger partial charge in [-0.15, -0.1) is 16.4 Å². The number of thiophene rings is 1. The molecule has 12 aromatic rings. The zero-order chi connectivity index (χ0) is 36.7. The van der Waals surface area contributed by atoms with Crippen molar-refractivity contribution in [1.29, 1.82) is 0 Å². The van der Waals surface area contributed by atoms with E-state index in [2.05, 4.69) is 161 Å². The molecule has 0 radical (unpaired) electrons. The Bertz CT molecular complexity index is 3480. The molecule has 56 heavy (non-hydrogen) atoms. The van der Waals surface area contributed by atoms with E-state index in [-0.39, 0.29) is 0 Å². The number of nitrogens with zero attached hydrogens (tertiary/aromatic N) is 5. The SMILES string of the molecule is c1ccc(-c2nc(-c3ccccc3)n(-c3ccc4c5ccccc5n(-c5cccc(-n6c7ccccc7c7c8sc9ccccc9c8ccc76)c5)c4c3)n2)cc1. The quantitative estimate of drug-likeness (QED) is 0.177. The van der Waals surface area contributed by atoms with Crippen molar-refractivity contribution in [2.75, 3.05) is 0 Å². The molecule has 0 N–H and O–H groups in total. The lowest BCUT2D eigenvalue weighted by Gasteiger charge is -2.13. The number of hydrogen-bond donors (Lipinski definition) is 0. The molecule has 0 fully saturated rings. The standard InChI is InChI=1S/C50H31N5S/c1-3-14-32(15-4-1)49-51-50(33-16-5-2-6-17-33)55(52-49)36-26-27-38-37-20-7-10-23-42(37)54(45(38)31-36)35-19-13-18-34(30-35)53-43-24-11-8-22-41(43)47-44(53)29-28-40-39-21-9-12-25-46(39)56-48(40)47/h1-31H. The Morgan fingerprint density at radius 2 is 1.00 bits per heavy atom. The van der Waals surface area contributed by atoms with Gasteiger partial charge in [0, 0.05) is 64.2 Å². The molecule has 6 heteroatoms. The van der Waals surface area contributed by atoms with Gasteiger partial charge in [-0.05, 0) is 54.6 Å². The van der Waals surface area contributed by atoms with E-state index in [9.17, 15) is 0 Å². The summed E-state index contributed by atoms with van der Waals surface area (Å²) in [4.78, 5) is 5.09. The van der Waals surface area contributed by atoms with Gasteiger partial charge in [0.25, 0.3) is 0 Å². The highest BCUT2D eigenvalue weighted by atomic mass is 32.1. The minimum absolute atomic E-state index is 0.692. The van der Waals surface area contributed by atoms with Crippen molar-refractivity contribution in [1.82, 2.24) is 23.9 Å². The lowest BCUT2D eigenvalue weighted by Crippen LogP contribution is -2.01. The Morgan fingerprint density at radius 1 is 0.393 bits per heavy atom. The van der Waals surface area contributed by atoms with E-state index < -0.39 is 0 Å². The summed E-state index contributed by atoms with van der Waals surface area (Å²) < 4.78 is 9.47. The summed E-state index contributed by atoms with van der Waals surface area (Å²) in [5.41, 5.74) is 9.80. The summed E-state index contributed by atoms with van der Waals surface area (Å²) in [5.74, 6) is 1.49. The first-order valence-electron chi connectivity index (χ1n) is 18.8. The largest absolute Gasteiger partial charge is 0.309 e. The van der Waals surface area contributed by atoms with E-state index in [4.69, 9.17) is 10.1 Å². The maximum absolute atomic E-state index is 5.13. The van der Waals surface area contributed by atoms with Crippen molar-refractivity contribution < 1.29 is 0 Å². The lowest BCUT2D eigenvalue weighted by molar-refractivity contribution is 0.891. The van der Waals surface area contributed by atoms with Crippen molar-refractivity contribution in [2.45, 2.75) is 0 Å². The Labute approximate surface area is 325 Å². The molecule has 0 aliphatic carbocycles. The van der Waals surface area contributed by atoms with Crippen LogP contribution in [0.15, 0.2) is 188 Å². The molecule has 0 spiro atoms. The molecule has 4 aromatic heterocycles. The van der Waals surface area contributed by atoms with Gasteiger partial charge in [-0.3, -0.25) is 0 Å². The first kappa shape index (κ1) is 31.1. The van der Waals surface area contributed by atoms with Crippen LogP contribution in [0.2, 0.25) is 0 Å². The van der Waals surface area contributed by atoms with Crippen LogP contribution >= 0.6 is 11.3 Å². The first-order chi connectivity index (χ1) is 27.8. The molecule has 0 atom stereocenters. The van der Waals surface area contributed by atoms with Crippen LogP contribution in [0.3, 0.4) is 0 Å². The van der Waals surface area contributed by atoms with Crippen molar-refractivity contribution in [2.24, 2.45) is 0 Å². The smallest absolute Gasteiger partial charge is 0.182 e. The lowest BCUT2D eigenvalue weighted by atomic mass is 10.1. The predicted molar refractivity (Wildman–Crippen MR) is 234 cm³/mol. The van der Waals surface area contributed by atoms with Crippen LogP contribution in [0.1, 0.15) is 0 Å². The topological polar surface area (TPSA) is 40.6 Å². The molecule has 0 aliphatic rings. The average molecular weight is 734 g/mol. The molecule has 0 saturated carbocycles. The maximum Gasteiger partial charge on any atom is 0.182 e. The fraction of sp³-hybridized carbons (Fsp3) is 0.